The molecule has 1 saturated carbocycles. The monoisotopic (exact) mass is 309 g/mol. The summed E-state index contributed by atoms with van der Waals surface area (Å²) in [6.45, 7) is 9.85. The molecule has 1 saturated heterocycles. The molecule has 0 unspecified atom stereocenters. The van der Waals surface area contributed by atoms with Crippen molar-refractivity contribution in [2.75, 3.05) is 13.1 Å². The van der Waals surface area contributed by atoms with Crippen LogP contribution in [0.4, 0.5) is 0 Å². The molecular formula is C18H31NO3. The minimum Gasteiger partial charge on any atom is -0.481 e. The highest BCUT2D eigenvalue weighted by Crippen LogP contribution is 2.41. The van der Waals surface area contributed by atoms with Gasteiger partial charge in [-0.25, -0.2) is 0 Å². The Morgan fingerprint density at radius 1 is 1.09 bits per heavy atom. The number of hydrogen-bond donors (Lipinski definition) is 1. The van der Waals surface area contributed by atoms with Gasteiger partial charge in [-0.1, -0.05) is 27.7 Å². The highest BCUT2D eigenvalue weighted by molar-refractivity contribution is 5.79. The van der Waals surface area contributed by atoms with E-state index in [-0.39, 0.29) is 17.7 Å². The summed E-state index contributed by atoms with van der Waals surface area (Å²) in [5.74, 6) is 0.328. The van der Waals surface area contributed by atoms with Crippen molar-refractivity contribution < 1.29 is 14.7 Å². The van der Waals surface area contributed by atoms with Gasteiger partial charge in [0, 0.05) is 19.5 Å². The maximum atomic E-state index is 12.4. The number of carbonyl (C=O) groups is 2. The molecule has 4 nitrogen and oxygen atoms in total. The van der Waals surface area contributed by atoms with Crippen LogP contribution in [0.2, 0.25) is 0 Å². The molecule has 1 heterocycles. The zero-order chi connectivity index (χ0) is 16.5. The third-order valence-electron chi connectivity index (χ3n) is 5.82. The number of carboxylic acid groups (broad SMARTS) is 1. The van der Waals surface area contributed by atoms with Gasteiger partial charge in [0.25, 0.3) is 0 Å². The van der Waals surface area contributed by atoms with E-state index in [1.807, 2.05) is 6.92 Å². The van der Waals surface area contributed by atoms with E-state index in [9.17, 15) is 14.7 Å². The first-order valence-electron chi connectivity index (χ1n) is 8.69. The van der Waals surface area contributed by atoms with E-state index in [0.717, 1.165) is 18.8 Å². The van der Waals surface area contributed by atoms with Crippen LogP contribution in [-0.2, 0) is 9.59 Å². The number of hydrogen-bond acceptors (Lipinski definition) is 2. The van der Waals surface area contributed by atoms with Crippen LogP contribution in [-0.4, -0.2) is 35.0 Å². The number of carbonyl (C=O) groups excluding carboxylic acids is 1. The largest absolute Gasteiger partial charge is 0.481 e. The van der Waals surface area contributed by atoms with Crippen molar-refractivity contribution >= 4 is 11.9 Å². The van der Waals surface area contributed by atoms with Crippen LogP contribution in [0.1, 0.15) is 59.8 Å². The molecule has 1 aliphatic carbocycles. The molecule has 0 aromatic heterocycles. The van der Waals surface area contributed by atoms with E-state index in [0.29, 0.717) is 30.8 Å². The quantitative estimate of drug-likeness (QED) is 0.869. The lowest BCUT2D eigenvalue weighted by atomic mass is 9.69. The van der Waals surface area contributed by atoms with Gasteiger partial charge in [-0.2, -0.15) is 0 Å². The SMILES string of the molecule is C[C@@H]1CN(C(=O)CC2CCC(C(C)(C)C)CC2)C[C@H]1C(=O)O. The smallest absolute Gasteiger partial charge is 0.308 e. The van der Waals surface area contributed by atoms with Crippen molar-refractivity contribution in [2.24, 2.45) is 29.1 Å². The summed E-state index contributed by atoms with van der Waals surface area (Å²) < 4.78 is 0. The maximum Gasteiger partial charge on any atom is 0.308 e. The second kappa shape index (κ2) is 6.59. The van der Waals surface area contributed by atoms with Crippen molar-refractivity contribution in [3.63, 3.8) is 0 Å². The van der Waals surface area contributed by atoms with Crippen LogP contribution in [0.5, 0.6) is 0 Å². The van der Waals surface area contributed by atoms with E-state index in [1.54, 1.807) is 4.90 Å². The molecule has 0 bridgehead atoms. The van der Waals surface area contributed by atoms with Gasteiger partial charge in [0.1, 0.15) is 0 Å². The number of carboxylic acids is 1. The molecule has 1 aliphatic heterocycles. The molecule has 22 heavy (non-hydrogen) atoms. The van der Waals surface area contributed by atoms with Gasteiger partial charge in [0.15, 0.2) is 0 Å². The number of nitrogens with zero attached hydrogens (tertiary/aromatic N) is 1. The molecule has 0 aromatic rings. The Labute approximate surface area is 134 Å². The van der Waals surface area contributed by atoms with Gasteiger partial charge in [0.05, 0.1) is 5.92 Å². The third-order valence-corrected chi connectivity index (χ3v) is 5.82. The summed E-state index contributed by atoms with van der Waals surface area (Å²) in [4.78, 5) is 25.4. The van der Waals surface area contributed by atoms with Gasteiger partial charge in [-0.05, 0) is 48.9 Å². The molecule has 0 radical (unpaired) electrons. The summed E-state index contributed by atoms with van der Waals surface area (Å²) in [6, 6.07) is 0. The fourth-order valence-electron chi connectivity index (χ4n) is 4.10. The summed E-state index contributed by atoms with van der Waals surface area (Å²) in [5.41, 5.74) is 0.369. The Bertz CT molecular complexity index is 419. The van der Waals surface area contributed by atoms with E-state index < -0.39 is 5.97 Å². The van der Waals surface area contributed by atoms with E-state index in [2.05, 4.69) is 20.8 Å². The average Bonchev–Trinajstić information content (AvgIpc) is 2.80. The van der Waals surface area contributed by atoms with Crippen LogP contribution in [0.15, 0.2) is 0 Å². The van der Waals surface area contributed by atoms with Crippen LogP contribution >= 0.6 is 0 Å². The zero-order valence-electron chi connectivity index (χ0n) is 14.5. The van der Waals surface area contributed by atoms with Crippen molar-refractivity contribution in [3.05, 3.63) is 0 Å². The molecule has 126 valence electrons. The molecule has 0 aromatic carbocycles. The van der Waals surface area contributed by atoms with Crippen LogP contribution in [0, 0.1) is 29.1 Å². The van der Waals surface area contributed by atoms with Crippen LogP contribution < -0.4 is 0 Å². The van der Waals surface area contributed by atoms with Gasteiger partial charge in [-0.3, -0.25) is 9.59 Å². The van der Waals surface area contributed by atoms with Crippen molar-refractivity contribution in [3.8, 4) is 0 Å². The maximum absolute atomic E-state index is 12.4. The minimum absolute atomic E-state index is 0.0677. The van der Waals surface area contributed by atoms with Gasteiger partial charge in [0.2, 0.25) is 5.91 Å². The van der Waals surface area contributed by atoms with Crippen molar-refractivity contribution in [1.82, 2.24) is 4.90 Å². The molecule has 2 rings (SSSR count). The normalized spacial score (nSPS) is 33.0. The summed E-state index contributed by atoms with van der Waals surface area (Å²) in [7, 11) is 0. The molecule has 4 heteroatoms. The molecular weight excluding hydrogens is 278 g/mol. The molecule has 0 spiro atoms. The number of amides is 1. The van der Waals surface area contributed by atoms with Gasteiger partial charge < -0.3 is 10.0 Å². The Balaban J connectivity index is 1.81. The number of rotatable bonds is 3. The average molecular weight is 309 g/mol. The van der Waals surface area contributed by atoms with Gasteiger partial charge in [-0.15, -0.1) is 0 Å². The minimum atomic E-state index is -0.770. The van der Waals surface area contributed by atoms with E-state index >= 15 is 0 Å². The lowest BCUT2D eigenvalue weighted by molar-refractivity contribution is -0.142. The molecule has 1 amide bonds. The van der Waals surface area contributed by atoms with Crippen molar-refractivity contribution in [2.45, 2.75) is 59.8 Å². The first-order chi connectivity index (χ1) is 10.2. The molecule has 2 fully saturated rings. The Kier molecular flexibility index (Phi) is 5.18. The second-order valence-corrected chi connectivity index (χ2v) is 8.51. The van der Waals surface area contributed by atoms with E-state index in [4.69, 9.17) is 0 Å². The Morgan fingerprint density at radius 2 is 1.68 bits per heavy atom. The molecule has 2 atom stereocenters. The first-order valence-corrected chi connectivity index (χ1v) is 8.69. The predicted octanol–water partition coefficient (Wildman–Crippen LogP) is 3.41. The third kappa shape index (κ3) is 4.02. The predicted molar refractivity (Wildman–Crippen MR) is 86.4 cm³/mol. The highest BCUT2D eigenvalue weighted by Gasteiger charge is 2.38. The molecule has 1 N–H and O–H groups in total. The second-order valence-electron chi connectivity index (χ2n) is 8.51. The van der Waals surface area contributed by atoms with Crippen LogP contribution in [0.25, 0.3) is 0 Å². The summed E-state index contributed by atoms with van der Waals surface area (Å²) in [5, 5.41) is 9.17. The number of likely N-dealkylation sites (tertiary alicyclic amines) is 1. The fourth-order valence-corrected chi connectivity index (χ4v) is 4.10. The summed E-state index contributed by atoms with van der Waals surface area (Å²) in [6.07, 6.45) is 5.32. The fraction of sp³-hybridized carbons (Fsp3) is 0.889. The van der Waals surface area contributed by atoms with Crippen molar-refractivity contribution in [1.29, 1.82) is 0 Å². The number of aliphatic carboxylic acids is 1. The standard InChI is InChI=1S/C18H31NO3/c1-12-10-19(11-15(12)17(21)22)16(20)9-13-5-7-14(8-6-13)18(2,3)4/h12-15H,5-11H2,1-4H3,(H,21,22)/t12-,13?,14?,15-/m1/s1. The van der Waals surface area contributed by atoms with Crippen LogP contribution in [0.3, 0.4) is 0 Å². The van der Waals surface area contributed by atoms with Gasteiger partial charge >= 0.3 is 5.97 Å². The lowest BCUT2D eigenvalue weighted by Crippen LogP contribution is -2.33. The topological polar surface area (TPSA) is 57.6 Å². The highest BCUT2D eigenvalue weighted by atomic mass is 16.4. The zero-order valence-corrected chi connectivity index (χ0v) is 14.5. The Hall–Kier alpha value is -1.06. The molecule has 2 aliphatic rings. The lowest BCUT2D eigenvalue weighted by Gasteiger charge is -2.37. The summed E-state index contributed by atoms with van der Waals surface area (Å²) >= 11 is 0. The first kappa shape index (κ1) is 17.3. The van der Waals surface area contributed by atoms with E-state index in [1.165, 1.54) is 12.8 Å². The Morgan fingerprint density at radius 3 is 2.14 bits per heavy atom.